The van der Waals surface area contributed by atoms with Crippen molar-refractivity contribution in [1.29, 1.82) is 0 Å². The number of piperazine rings is 1. The number of nitrogens with one attached hydrogen (secondary N) is 3. The lowest BCUT2D eigenvalue weighted by Gasteiger charge is -2.35. The number of benzene rings is 1. The molecule has 6 nitrogen and oxygen atoms in total. The molecule has 1 aliphatic rings. The molecule has 3 N–H and O–H groups in total. The van der Waals surface area contributed by atoms with Crippen LogP contribution in [-0.2, 0) is 4.79 Å². The van der Waals surface area contributed by atoms with Gasteiger partial charge in [-0.2, -0.15) is 0 Å². The molecule has 2 rings (SSSR count). The van der Waals surface area contributed by atoms with Crippen LogP contribution in [0.5, 0.6) is 0 Å². The Hall–Kier alpha value is -2.25. The number of amides is 3. The van der Waals surface area contributed by atoms with Gasteiger partial charge in [0.15, 0.2) is 0 Å². The standard InChI is InChI=1S/C16H21FN4O2/c1-2-6-19-16(23)20-15(22)11-21-8-7-18-10-14(21)12-4-3-5-13(17)9-12/h2-5,9,14,18H,1,6-8,10-11H2,(H2,19,20,22,23). The fourth-order valence-electron chi connectivity index (χ4n) is 2.54. The lowest BCUT2D eigenvalue weighted by molar-refractivity contribution is -0.122. The number of hydrogen-bond acceptors (Lipinski definition) is 4. The minimum absolute atomic E-state index is 0.0738. The predicted octanol–water partition coefficient (Wildman–Crippen LogP) is 0.784. The van der Waals surface area contributed by atoms with Gasteiger partial charge in [-0.1, -0.05) is 18.2 Å². The Bertz CT molecular complexity index is 579. The monoisotopic (exact) mass is 320 g/mol. The van der Waals surface area contributed by atoms with E-state index in [-0.39, 0.29) is 18.4 Å². The summed E-state index contributed by atoms with van der Waals surface area (Å²) in [5, 5.41) is 7.99. The topological polar surface area (TPSA) is 73.5 Å². The van der Waals surface area contributed by atoms with Crippen molar-refractivity contribution >= 4 is 11.9 Å². The molecule has 1 saturated heterocycles. The molecule has 0 aromatic heterocycles. The van der Waals surface area contributed by atoms with Gasteiger partial charge in [0.2, 0.25) is 5.91 Å². The molecule has 124 valence electrons. The van der Waals surface area contributed by atoms with Crippen LogP contribution >= 0.6 is 0 Å². The van der Waals surface area contributed by atoms with E-state index in [1.807, 2.05) is 11.0 Å². The molecular formula is C16H21FN4O2. The number of halogens is 1. The molecule has 1 fully saturated rings. The molecule has 0 bridgehead atoms. The van der Waals surface area contributed by atoms with Gasteiger partial charge in [0.05, 0.1) is 6.54 Å². The Morgan fingerprint density at radius 2 is 2.30 bits per heavy atom. The number of nitrogens with zero attached hydrogens (tertiary/aromatic N) is 1. The van der Waals surface area contributed by atoms with Crippen LogP contribution in [0.4, 0.5) is 9.18 Å². The number of rotatable bonds is 5. The maximum Gasteiger partial charge on any atom is 0.321 e. The van der Waals surface area contributed by atoms with Crippen molar-refractivity contribution in [3.05, 3.63) is 48.3 Å². The molecule has 0 saturated carbocycles. The van der Waals surface area contributed by atoms with Crippen molar-refractivity contribution in [2.75, 3.05) is 32.7 Å². The maximum absolute atomic E-state index is 13.4. The van der Waals surface area contributed by atoms with Gasteiger partial charge in [0, 0.05) is 32.2 Å². The first kappa shape index (κ1) is 17.1. The van der Waals surface area contributed by atoms with Crippen LogP contribution in [0.3, 0.4) is 0 Å². The molecule has 1 aromatic rings. The lowest BCUT2D eigenvalue weighted by atomic mass is 10.0. The summed E-state index contributed by atoms with van der Waals surface area (Å²) in [4.78, 5) is 25.4. The van der Waals surface area contributed by atoms with E-state index in [0.29, 0.717) is 19.6 Å². The molecule has 23 heavy (non-hydrogen) atoms. The van der Waals surface area contributed by atoms with Crippen molar-refractivity contribution in [1.82, 2.24) is 20.9 Å². The van der Waals surface area contributed by atoms with Crippen LogP contribution in [0.2, 0.25) is 0 Å². The van der Waals surface area contributed by atoms with Gasteiger partial charge >= 0.3 is 6.03 Å². The molecule has 0 radical (unpaired) electrons. The zero-order valence-electron chi connectivity index (χ0n) is 12.8. The van der Waals surface area contributed by atoms with Crippen LogP contribution in [-0.4, -0.2) is 49.6 Å². The van der Waals surface area contributed by atoms with E-state index in [0.717, 1.165) is 12.1 Å². The lowest BCUT2D eigenvalue weighted by Crippen LogP contribution is -2.51. The van der Waals surface area contributed by atoms with Gasteiger partial charge in [0.25, 0.3) is 0 Å². The summed E-state index contributed by atoms with van der Waals surface area (Å²) >= 11 is 0. The predicted molar refractivity (Wildman–Crippen MR) is 85.3 cm³/mol. The van der Waals surface area contributed by atoms with E-state index in [1.54, 1.807) is 6.07 Å². The van der Waals surface area contributed by atoms with E-state index in [4.69, 9.17) is 0 Å². The van der Waals surface area contributed by atoms with Gasteiger partial charge in [-0.25, -0.2) is 9.18 Å². The molecule has 1 heterocycles. The zero-order valence-corrected chi connectivity index (χ0v) is 12.8. The molecule has 7 heteroatoms. The van der Waals surface area contributed by atoms with Crippen LogP contribution in [0, 0.1) is 5.82 Å². The molecular weight excluding hydrogens is 299 g/mol. The van der Waals surface area contributed by atoms with Crippen LogP contribution in [0.25, 0.3) is 0 Å². The summed E-state index contributed by atoms with van der Waals surface area (Å²) in [6.45, 7) is 5.85. The van der Waals surface area contributed by atoms with Gasteiger partial charge in [-0.05, 0) is 17.7 Å². The fraction of sp³-hybridized carbons (Fsp3) is 0.375. The highest BCUT2D eigenvalue weighted by Crippen LogP contribution is 2.22. The number of carbonyl (C=O) groups is 2. The smallest absolute Gasteiger partial charge is 0.321 e. The highest BCUT2D eigenvalue weighted by molar-refractivity contribution is 5.95. The highest BCUT2D eigenvalue weighted by atomic mass is 19.1. The second-order valence-corrected chi connectivity index (χ2v) is 5.29. The van der Waals surface area contributed by atoms with Crippen molar-refractivity contribution in [2.45, 2.75) is 6.04 Å². The van der Waals surface area contributed by atoms with Gasteiger partial charge in [-0.3, -0.25) is 15.0 Å². The largest absolute Gasteiger partial charge is 0.334 e. The third-order valence-electron chi connectivity index (χ3n) is 3.59. The van der Waals surface area contributed by atoms with Gasteiger partial charge in [0.1, 0.15) is 5.82 Å². The van der Waals surface area contributed by atoms with E-state index in [1.165, 1.54) is 18.2 Å². The maximum atomic E-state index is 13.4. The molecule has 0 spiro atoms. The number of carbonyl (C=O) groups excluding carboxylic acids is 2. The molecule has 3 amide bonds. The molecule has 1 unspecified atom stereocenters. The quantitative estimate of drug-likeness (QED) is 0.701. The SMILES string of the molecule is C=CCNC(=O)NC(=O)CN1CCNCC1c1cccc(F)c1. The molecule has 1 aromatic carbocycles. The van der Waals surface area contributed by atoms with Crippen molar-refractivity contribution < 1.29 is 14.0 Å². The van der Waals surface area contributed by atoms with Gasteiger partial charge < -0.3 is 10.6 Å². The van der Waals surface area contributed by atoms with E-state index in [2.05, 4.69) is 22.5 Å². The molecule has 1 aliphatic heterocycles. The number of hydrogen-bond donors (Lipinski definition) is 3. The van der Waals surface area contributed by atoms with Crippen LogP contribution < -0.4 is 16.0 Å². The number of urea groups is 1. The second kappa shape index (κ2) is 8.40. The summed E-state index contributed by atoms with van der Waals surface area (Å²) in [6.07, 6.45) is 1.53. The highest BCUT2D eigenvalue weighted by Gasteiger charge is 2.26. The third kappa shape index (κ3) is 5.15. The second-order valence-electron chi connectivity index (χ2n) is 5.29. The minimum atomic E-state index is -0.549. The summed E-state index contributed by atoms with van der Waals surface area (Å²) in [7, 11) is 0. The Morgan fingerprint density at radius 1 is 1.48 bits per heavy atom. The summed E-state index contributed by atoms with van der Waals surface area (Å²) in [5.74, 6) is -0.698. The Kier molecular flexibility index (Phi) is 6.25. The summed E-state index contributed by atoms with van der Waals surface area (Å²) in [6, 6.07) is 5.69. The Morgan fingerprint density at radius 3 is 3.04 bits per heavy atom. The van der Waals surface area contributed by atoms with Crippen molar-refractivity contribution in [3.8, 4) is 0 Å². The van der Waals surface area contributed by atoms with Gasteiger partial charge in [-0.15, -0.1) is 6.58 Å². The van der Waals surface area contributed by atoms with E-state index < -0.39 is 11.9 Å². The molecule has 1 atom stereocenters. The first-order chi connectivity index (χ1) is 11.1. The van der Waals surface area contributed by atoms with E-state index >= 15 is 0 Å². The minimum Gasteiger partial charge on any atom is -0.334 e. The fourth-order valence-corrected chi connectivity index (χ4v) is 2.54. The van der Waals surface area contributed by atoms with Crippen LogP contribution in [0.15, 0.2) is 36.9 Å². The van der Waals surface area contributed by atoms with Crippen molar-refractivity contribution in [3.63, 3.8) is 0 Å². The third-order valence-corrected chi connectivity index (χ3v) is 3.59. The zero-order chi connectivity index (χ0) is 16.7. The van der Waals surface area contributed by atoms with Crippen LogP contribution in [0.1, 0.15) is 11.6 Å². The van der Waals surface area contributed by atoms with Crippen molar-refractivity contribution in [2.24, 2.45) is 0 Å². The number of imide groups is 1. The normalized spacial score (nSPS) is 18.2. The first-order valence-corrected chi connectivity index (χ1v) is 7.49. The average Bonchev–Trinajstić information content (AvgIpc) is 2.53. The average molecular weight is 320 g/mol. The Labute approximate surface area is 134 Å². The first-order valence-electron chi connectivity index (χ1n) is 7.49. The Balaban J connectivity index is 1.97. The molecule has 0 aliphatic carbocycles. The summed E-state index contributed by atoms with van der Waals surface area (Å²) in [5.41, 5.74) is 0.807. The summed E-state index contributed by atoms with van der Waals surface area (Å²) < 4.78 is 13.4. The van der Waals surface area contributed by atoms with E-state index in [9.17, 15) is 14.0 Å².